The number of hydrogen-bond acceptors (Lipinski definition) is 4. The Kier molecular flexibility index (Phi) is 5.43. The number of thiophene rings is 1. The van der Waals surface area contributed by atoms with Gasteiger partial charge in [0, 0.05) is 10.9 Å². The van der Waals surface area contributed by atoms with Crippen LogP contribution in [0.3, 0.4) is 0 Å². The van der Waals surface area contributed by atoms with Crippen molar-refractivity contribution in [3.8, 4) is 5.75 Å². The van der Waals surface area contributed by atoms with Crippen LogP contribution in [0.5, 0.6) is 5.75 Å². The lowest BCUT2D eigenvalue weighted by atomic mass is 10.0. The number of likely N-dealkylation sites (tertiary alicyclic amines) is 1. The number of hydrogen-bond donors (Lipinski definition) is 1. The second-order valence-electron chi connectivity index (χ2n) is 5.33. The third-order valence-corrected chi connectivity index (χ3v) is 5.17. The fourth-order valence-electron chi connectivity index (χ4n) is 2.67. The zero-order valence-corrected chi connectivity index (χ0v) is 13.0. The van der Waals surface area contributed by atoms with E-state index >= 15 is 0 Å². The first kappa shape index (κ1) is 15.3. The molecule has 1 N–H and O–H groups in total. The second-order valence-corrected chi connectivity index (χ2v) is 6.47. The van der Waals surface area contributed by atoms with Gasteiger partial charge in [-0.2, -0.15) is 0 Å². The Morgan fingerprint density at radius 3 is 3.00 bits per heavy atom. The molecule has 0 aliphatic carbocycles. The van der Waals surface area contributed by atoms with Crippen molar-refractivity contribution in [2.45, 2.75) is 45.1 Å². The molecule has 5 heteroatoms. The number of carbonyl (C=O) groups is 1. The van der Waals surface area contributed by atoms with Gasteiger partial charge < -0.3 is 14.7 Å². The molecule has 1 fully saturated rings. The van der Waals surface area contributed by atoms with E-state index in [0.29, 0.717) is 23.3 Å². The van der Waals surface area contributed by atoms with Gasteiger partial charge in [-0.05, 0) is 45.3 Å². The van der Waals surface area contributed by atoms with Gasteiger partial charge in [0.2, 0.25) is 0 Å². The monoisotopic (exact) mass is 297 g/mol. The molecule has 1 aliphatic rings. The number of rotatable bonds is 6. The highest BCUT2D eigenvalue weighted by molar-refractivity contribution is 7.14. The third kappa shape index (κ3) is 3.73. The number of aryl methyl sites for hydroxylation is 1. The minimum absolute atomic E-state index is 0.332. The molecule has 1 aliphatic heterocycles. The molecule has 4 nitrogen and oxygen atoms in total. The molecule has 1 saturated heterocycles. The van der Waals surface area contributed by atoms with Gasteiger partial charge in [0.1, 0.15) is 5.75 Å². The summed E-state index contributed by atoms with van der Waals surface area (Å²) >= 11 is 1.32. The Labute approximate surface area is 124 Å². The van der Waals surface area contributed by atoms with Crippen LogP contribution < -0.4 is 4.74 Å². The summed E-state index contributed by atoms with van der Waals surface area (Å²) in [5.74, 6) is -0.350. The summed E-state index contributed by atoms with van der Waals surface area (Å²) < 4.78 is 5.73. The highest BCUT2D eigenvalue weighted by atomic mass is 32.1. The molecule has 2 rings (SSSR count). The molecule has 2 heterocycles. The van der Waals surface area contributed by atoms with Crippen molar-refractivity contribution >= 4 is 17.3 Å². The molecule has 1 atom stereocenters. The number of aromatic carboxylic acids is 1. The van der Waals surface area contributed by atoms with Crippen LogP contribution in [0.25, 0.3) is 0 Å². The topological polar surface area (TPSA) is 49.8 Å². The number of nitrogens with zero attached hydrogens (tertiary/aromatic N) is 1. The average molecular weight is 297 g/mol. The van der Waals surface area contributed by atoms with Crippen molar-refractivity contribution in [2.75, 3.05) is 20.2 Å². The molecule has 1 unspecified atom stereocenters. The fourth-order valence-corrected chi connectivity index (χ4v) is 3.55. The third-order valence-electron chi connectivity index (χ3n) is 3.92. The van der Waals surface area contributed by atoms with Crippen molar-refractivity contribution in [2.24, 2.45) is 0 Å². The number of piperidine rings is 1. The highest BCUT2D eigenvalue weighted by Gasteiger charge is 2.20. The smallest absolute Gasteiger partial charge is 0.349 e. The standard InChI is InChI=1S/C15H23NO3S/c1-3-12-10-13(14(20-12)15(17)18)19-9-7-11-6-4-5-8-16(11)2/h10-11H,3-9H2,1-2H3,(H,17,18). The first-order valence-electron chi connectivity index (χ1n) is 7.30. The van der Waals surface area contributed by atoms with E-state index in [0.717, 1.165) is 24.3 Å². The maximum atomic E-state index is 11.2. The molecule has 112 valence electrons. The van der Waals surface area contributed by atoms with Crippen molar-refractivity contribution in [3.63, 3.8) is 0 Å². The summed E-state index contributed by atoms with van der Waals surface area (Å²) in [6.07, 6.45) is 5.59. The first-order valence-corrected chi connectivity index (χ1v) is 8.12. The van der Waals surface area contributed by atoms with Gasteiger partial charge in [-0.15, -0.1) is 11.3 Å². The molecule has 20 heavy (non-hydrogen) atoms. The van der Waals surface area contributed by atoms with E-state index in [-0.39, 0.29) is 0 Å². The van der Waals surface area contributed by atoms with Crippen LogP contribution in [0.1, 0.15) is 47.2 Å². The summed E-state index contributed by atoms with van der Waals surface area (Å²) in [5.41, 5.74) is 0. The molecule has 0 spiro atoms. The fraction of sp³-hybridized carbons (Fsp3) is 0.667. The van der Waals surface area contributed by atoms with Crippen LogP contribution in [0, 0.1) is 0 Å². The van der Waals surface area contributed by atoms with E-state index < -0.39 is 5.97 Å². The van der Waals surface area contributed by atoms with Crippen LogP contribution in [-0.4, -0.2) is 42.2 Å². The molecule has 0 bridgehead atoms. The predicted octanol–water partition coefficient (Wildman–Crippen LogP) is 3.26. The minimum Gasteiger partial charge on any atom is -0.492 e. The molecule has 1 aromatic rings. The van der Waals surface area contributed by atoms with Gasteiger partial charge in [0.05, 0.1) is 6.61 Å². The second kappa shape index (κ2) is 7.09. The maximum absolute atomic E-state index is 11.2. The van der Waals surface area contributed by atoms with Gasteiger partial charge in [-0.1, -0.05) is 13.3 Å². The van der Waals surface area contributed by atoms with E-state index in [1.807, 2.05) is 13.0 Å². The van der Waals surface area contributed by atoms with Crippen molar-refractivity contribution in [3.05, 3.63) is 15.8 Å². The van der Waals surface area contributed by atoms with Gasteiger partial charge in [0.15, 0.2) is 4.88 Å². The maximum Gasteiger partial charge on any atom is 0.349 e. The summed E-state index contributed by atoms with van der Waals surface area (Å²) in [5, 5.41) is 9.19. The lowest BCUT2D eigenvalue weighted by Crippen LogP contribution is -2.37. The Morgan fingerprint density at radius 1 is 1.55 bits per heavy atom. The minimum atomic E-state index is -0.889. The Hall–Kier alpha value is -1.07. The van der Waals surface area contributed by atoms with Gasteiger partial charge >= 0.3 is 5.97 Å². The summed E-state index contributed by atoms with van der Waals surface area (Å²) in [6, 6.07) is 2.44. The zero-order chi connectivity index (χ0) is 14.5. The average Bonchev–Trinajstić information content (AvgIpc) is 2.84. The summed E-state index contributed by atoms with van der Waals surface area (Å²) in [4.78, 5) is 15.0. The zero-order valence-electron chi connectivity index (χ0n) is 12.2. The number of carboxylic acids is 1. The Balaban J connectivity index is 1.90. The normalized spacial score (nSPS) is 20.0. The van der Waals surface area contributed by atoms with Crippen LogP contribution in [0.2, 0.25) is 0 Å². The lowest BCUT2D eigenvalue weighted by molar-refractivity contribution is 0.0697. The Morgan fingerprint density at radius 2 is 2.35 bits per heavy atom. The van der Waals surface area contributed by atoms with Crippen molar-refractivity contribution in [1.29, 1.82) is 0 Å². The molecular formula is C15H23NO3S. The number of ether oxygens (including phenoxy) is 1. The Bertz CT molecular complexity index is 458. The highest BCUT2D eigenvalue weighted by Crippen LogP contribution is 2.30. The number of carboxylic acid groups (broad SMARTS) is 1. The van der Waals surface area contributed by atoms with E-state index in [2.05, 4.69) is 11.9 Å². The SMILES string of the molecule is CCc1cc(OCCC2CCCCN2C)c(C(=O)O)s1. The predicted molar refractivity (Wildman–Crippen MR) is 81.0 cm³/mol. The molecule has 0 saturated carbocycles. The first-order chi connectivity index (χ1) is 9.61. The lowest BCUT2D eigenvalue weighted by Gasteiger charge is -2.32. The van der Waals surface area contributed by atoms with Crippen LogP contribution in [0.4, 0.5) is 0 Å². The van der Waals surface area contributed by atoms with Crippen molar-refractivity contribution < 1.29 is 14.6 Å². The van der Waals surface area contributed by atoms with E-state index in [9.17, 15) is 9.90 Å². The summed E-state index contributed by atoms with van der Waals surface area (Å²) in [6.45, 7) is 3.77. The van der Waals surface area contributed by atoms with Crippen LogP contribution in [-0.2, 0) is 6.42 Å². The summed E-state index contributed by atoms with van der Waals surface area (Å²) in [7, 11) is 2.16. The largest absolute Gasteiger partial charge is 0.492 e. The molecular weight excluding hydrogens is 274 g/mol. The van der Waals surface area contributed by atoms with E-state index in [4.69, 9.17) is 4.74 Å². The molecule has 0 aromatic carbocycles. The van der Waals surface area contributed by atoms with E-state index in [1.54, 1.807) is 0 Å². The van der Waals surface area contributed by atoms with Gasteiger partial charge in [0.25, 0.3) is 0 Å². The van der Waals surface area contributed by atoms with Crippen LogP contribution >= 0.6 is 11.3 Å². The quantitative estimate of drug-likeness (QED) is 0.875. The van der Waals surface area contributed by atoms with Gasteiger partial charge in [-0.25, -0.2) is 4.79 Å². The van der Waals surface area contributed by atoms with Crippen LogP contribution in [0.15, 0.2) is 6.07 Å². The molecule has 0 amide bonds. The van der Waals surface area contributed by atoms with E-state index in [1.165, 1.54) is 30.6 Å². The molecule has 0 radical (unpaired) electrons. The van der Waals surface area contributed by atoms with Gasteiger partial charge in [-0.3, -0.25) is 0 Å². The molecule has 1 aromatic heterocycles. The van der Waals surface area contributed by atoms with Crippen molar-refractivity contribution in [1.82, 2.24) is 4.90 Å².